The Morgan fingerprint density at radius 2 is 1.90 bits per heavy atom. The summed E-state index contributed by atoms with van der Waals surface area (Å²) in [6, 6.07) is 4.58. The number of urea groups is 1. The van der Waals surface area contributed by atoms with E-state index < -0.39 is 29.6 Å². The van der Waals surface area contributed by atoms with Crippen molar-refractivity contribution in [3.63, 3.8) is 0 Å². The molecule has 6 nitrogen and oxygen atoms in total. The number of amides is 4. The molecule has 2 rings (SSSR count). The van der Waals surface area contributed by atoms with Crippen molar-refractivity contribution in [3.05, 3.63) is 42.4 Å². The van der Waals surface area contributed by atoms with Gasteiger partial charge in [-0.05, 0) is 24.3 Å². The number of nitrogens with one attached hydrogen (secondary N) is 2. The lowest BCUT2D eigenvalue weighted by Gasteiger charge is -2.28. The number of rotatable bonds is 3. The van der Waals surface area contributed by atoms with Crippen LogP contribution in [0.1, 0.15) is 0 Å². The predicted molar refractivity (Wildman–Crippen MR) is 69.0 cm³/mol. The first-order valence-corrected chi connectivity index (χ1v) is 5.74. The summed E-state index contributed by atoms with van der Waals surface area (Å²) >= 11 is 0. The van der Waals surface area contributed by atoms with Crippen molar-refractivity contribution in [2.75, 3.05) is 12.4 Å². The summed E-state index contributed by atoms with van der Waals surface area (Å²) in [5.74, 6) is -3.02. The Hall–Kier alpha value is -2.70. The SMILES string of the molecule is C=C(Nc1ccc(F)cc1)[C@H]1C(=O)NC(=O)N(C)C1=O. The van der Waals surface area contributed by atoms with Gasteiger partial charge in [0.1, 0.15) is 5.82 Å². The van der Waals surface area contributed by atoms with Crippen LogP contribution in [0, 0.1) is 11.7 Å². The van der Waals surface area contributed by atoms with Gasteiger partial charge in [0.25, 0.3) is 0 Å². The average Bonchev–Trinajstić information content (AvgIpc) is 2.39. The third-order valence-electron chi connectivity index (χ3n) is 2.87. The number of barbiturate groups is 1. The molecule has 1 aliphatic rings. The van der Waals surface area contributed by atoms with Gasteiger partial charge in [-0.2, -0.15) is 0 Å². The molecular formula is C13H12FN3O3. The van der Waals surface area contributed by atoms with Crippen LogP contribution in [0.25, 0.3) is 0 Å². The fourth-order valence-corrected chi connectivity index (χ4v) is 1.77. The van der Waals surface area contributed by atoms with Gasteiger partial charge in [-0.25, -0.2) is 9.18 Å². The quantitative estimate of drug-likeness (QED) is 0.810. The van der Waals surface area contributed by atoms with Crippen LogP contribution in [0.2, 0.25) is 0 Å². The van der Waals surface area contributed by atoms with E-state index in [1.807, 2.05) is 0 Å². The molecule has 1 aromatic carbocycles. The van der Waals surface area contributed by atoms with Crippen molar-refractivity contribution in [3.8, 4) is 0 Å². The first kappa shape index (κ1) is 13.7. The van der Waals surface area contributed by atoms with Crippen molar-refractivity contribution in [1.29, 1.82) is 0 Å². The number of benzene rings is 1. The minimum absolute atomic E-state index is 0.110. The maximum absolute atomic E-state index is 12.8. The van der Waals surface area contributed by atoms with E-state index in [9.17, 15) is 18.8 Å². The largest absolute Gasteiger partial charge is 0.358 e. The number of nitrogens with zero attached hydrogens (tertiary/aromatic N) is 1. The summed E-state index contributed by atoms with van der Waals surface area (Å²) in [7, 11) is 1.27. The van der Waals surface area contributed by atoms with Crippen LogP contribution in [0.3, 0.4) is 0 Å². The summed E-state index contributed by atoms with van der Waals surface area (Å²) in [5, 5.41) is 4.81. The normalized spacial score (nSPS) is 18.8. The minimum Gasteiger partial charge on any atom is -0.358 e. The number of imide groups is 2. The highest BCUT2D eigenvalue weighted by Gasteiger charge is 2.40. The highest BCUT2D eigenvalue weighted by Crippen LogP contribution is 2.19. The van der Waals surface area contributed by atoms with E-state index >= 15 is 0 Å². The Labute approximate surface area is 114 Å². The van der Waals surface area contributed by atoms with Gasteiger partial charge in [-0.1, -0.05) is 6.58 Å². The molecule has 1 atom stereocenters. The molecule has 0 radical (unpaired) electrons. The van der Waals surface area contributed by atoms with Crippen LogP contribution < -0.4 is 10.6 Å². The van der Waals surface area contributed by atoms with Crippen LogP contribution in [0.15, 0.2) is 36.5 Å². The van der Waals surface area contributed by atoms with Crippen LogP contribution in [-0.2, 0) is 9.59 Å². The van der Waals surface area contributed by atoms with Gasteiger partial charge in [0.2, 0.25) is 11.8 Å². The summed E-state index contributed by atoms with van der Waals surface area (Å²) in [6.07, 6.45) is 0. The van der Waals surface area contributed by atoms with E-state index in [4.69, 9.17) is 0 Å². The Morgan fingerprint density at radius 3 is 2.50 bits per heavy atom. The van der Waals surface area contributed by atoms with Crippen molar-refractivity contribution in [2.45, 2.75) is 0 Å². The maximum atomic E-state index is 12.8. The van der Waals surface area contributed by atoms with Gasteiger partial charge in [0.15, 0.2) is 5.92 Å². The molecule has 1 aliphatic heterocycles. The molecule has 1 fully saturated rings. The monoisotopic (exact) mass is 277 g/mol. The van der Waals surface area contributed by atoms with Crippen molar-refractivity contribution in [1.82, 2.24) is 10.2 Å². The molecule has 0 aromatic heterocycles. The fraction of sp³-hybridized carbons (Fsp3) is 0.154. The first-order chi connectivity index (χ1) is 9.40. The number of carbonyl (C=O) groups is 3. The molecule has 4 amide bonds. The van der Waals surface area contributed by atoms with E-state index in [0.29, 0.717) is 5.69 Å². The maximum Gasteiger partial charge on any atom is 0.330 e. The molecule has 0 aliphatic carbocycles. The summed E-state index contributed by atoms with van der Waals surface area (Å²) in [6.45, 7) is 3.63. The molecule has 0 spiro atoms. The molecule has 20 heavy (non-hydrogen) atoms. The van der Waals surface area contributed by atoms with Gasteiger partial charge in [-0.3, -0.25) is 19.8 Å². The molecule has 0 bridgehead atoms. The molecule has 7 heteroatoms. The standard InChI is InChI=1S/C13H12FN3O3/c1-7(15-9-5-3-8(14)4-6-9)10-11(18)16-13(20)17(2)12(10)19/h3-6,10,15H,1H2,2H3,(H,16,18,20)/t10-/m0/s1. The highest BCUT2D eigenvalue weighted by molar-refractivity contribution is 6.17. The van der Waals surface area contributed by atoms with E-state index in [1.165, 1.54) is 31.3 Å². The molecule has 1 aromatic rings. The molecule has 1 heterocycles. The van der Waals surface area contributed by atoms with Gasteiger partial charge in [-0.15, -0.1) is 0 Å². The van der Waals surface area contributed by atoms with Crippen LogP contribution in [-0.4, -0.2) is 29.8 Å². The predicted octanol–water partition coefficient (Wildman–Crippen LogP) is 1.08. The lowest BCUT2D eigenvalue weighted by molar-refractivity contribution is -0.139. The summed E-state index contributed by atoms with van der Waals surface area (Å²) < 4.78 is 12.8. The fourth-order valence-electron chi connectivity index (χ4n) is 1.77. The number of hydrogen-bond acceptors (Lipinski definition) is 4. The van der Waals surface area contributed by atoms with Gasteiger partial charge < -0.3 is 5.32 Å². The third kappa shape index (κ3) is 2.51. The molecule has 0 saturated carbocycles. The second kappa shape index (κ2) is 5.12. The molecule has 1 saturated heterocycles. The zero-order valence-corrected chi connectivity index (χ0v) is 10.6. The Kier molecular flexibility index (Phi) is 3.51. The van der Waals surface area contributed by atoms with Crippen molar-refractivity contribution in [2.24, 2.45) is 5.92 Å². The van der Waals surface area contributed by atoms with E-state index in [2.05, 4.69) is 17.2 Å². The zero-order chi connectivity index (χ0) is 14.9. The zero-order valence-electron chi connectivity index (χ0n) is 10.6. The van der Waals surface area contributed by atoms with E-state index in [0.717, 1.165) is 4.90 Å². The molecule has 0 unspecified atom stereocenters. The van der Waals surface area contributed by atoms with E-state index in [1.54, 1.807) is 0 Å². The molecular weight excluding hydrogens is 265 g/mol. The third-order valence-corrected chi connectivity index (χ3v) is 2.87. The summed E-state index contributed by atoms with van der Waals surface area (Å²) in [5.41, 5.74) is 0.593. The minimum atomic E-state index is -1.21. The number of carbonyl (C=O) groups excluding carboxylic acids is 3. The highest BCUT2D eigenvalue weighted by atomic mass is 19.1. The number of halogens is 1. The van der Waals surface area contributed by atoms with E-state index in [-0.39, 0.29) is 5.70 Å². The number of hydrogen-bond donors (Lipinski definition) is 2. The Bertz CT molecular complexity index is 597. The van der Waals surface area contributed by atoms with Crippen LogP contribution >= 0.6 is 0 Å². The lowest BCUT2D eigenvalue weighted by Crippen LogP contribution is -2.57. The first-order valence-electron chi connectivity index (χ1n) is 5.74. The van der Waals surface area contributed by atoms with Crippen molar-refractivity contribution < 1.29 is 18.8 Å². The topological polar surface area (TPSA) is 78.5 Å². The molecule has 2 N–H and O–H groups in total. The van der Waals surface area contributed by atoms with Gasteiger partial charge in [0.05, 0.1) is 0 Å². The molecule has 104 valence electrons. The van der Waals surface area contributed by atoms with Gasteiger partial charge in [0, 0.05) is 18.4 Å². The average molecular weight is 277 g/mol. The Morgan fingerprint density at radius 1 is 1.30 bits per heavy atom. The second-order valence-corrected chi connectivity index (χ2v) is 4.28. The van der Waals surface area contributed by atoms with Gasteiger partial charge >= 0.3 is 6.03 Å². The summed E-state index contributed by atoms with van der Waals surface area (Å²) in [4.78, 5) is 35.7. The van der Waals surface area contributed by atoms with Crippen LogP contribution in [0.5, 0.6) is 0 Å². The van der Waals surface area contributed by atoms with Crippen molar-refractivity contribution >= 4 is 23.5 Å². The second-order valence-electron chi connectivity index (χ2n) is 4.28. The number of anilines is 1. The Balaban J connectivity index is 2.16. The lowest BCUT2D eigenvalue weighted by atomic mass is 10.0. The van der Waals surface area contributed by atoms with Crippen LogP contribution in [0.4, 0.5) is 14.9 Å². The smallest absolute Gasteiger partial charge is 0.330 e.